The molecule has 8 nitrogen and oxygen atoms in total. The van der Waals surface area contributed by atoms with E-state index in [2.05, 4.69) is 16.5 Å². The van der Waals surface area contributed by atoms with Gasteiger partial charge in [-0.1, -0.05) is 6.58 Å². The molecule has 4 heterocycles. The number of amides is 1. The first-order chi connectivity index (χ1) is 19.0. The molecule has 2 N–H and O–H groups in total. The van der Waals surface area contributed by atoms with Gasteiger partial charge in [-0.25, -0.2) is 13.6 Å². The van der Waals surface area contributed by atoms with Crippen LogP contribution in [0.1, 0.15) is 19.4 Å². The number of nitrogens with zero attached hydrogens (tertiary/aromatic N) is 4. The first-order valence-electron chi connectivity index (χ1n) is 13.3. The van der Waals surface area contributed by atoms with Gasteiger partial charge in [-0.2, -0.15) is 4.98 Å². The fraction of sp³-hybridized carbons (Fsp3) is 0.414. The molecule has 0 saturated carbocycles. The van der Waals surface area contributed by atoms with Gasteiger partial charge in [0.15, 0.2) is 0 Å². The lowest BCUT2D eigenvalue weighted by atomic mass is 9.88. The van der Waals surface area contributed by atoms with Gasteiger partial charge in [-0.15, -0.1) is 11.8 Å². The summed E-state index contributed by atoms with van der Waals surface area (Å²) in [5.74, 6) is -0.457. The molecule has 6 rings (SSSR count). The van der Waals surface area contributed by atoms with Crippen molar-refractivity contribution in [2.45, 2.75) is 44.3 Å². The second-order valence-corrected chi connectivity index (χ2v) is 12.3. The number of hydrogen-bond acceptors (Lipinski definition) is 7. The van der Waals surface area contributed by atoms with Gasteiger partial charge >= 0.3 is 5.69 Å². The van der Waals surface area contributed by atoms with E-state index >= 15 is 4.39 Å². The molecule has 210 valence electrons. The van der Waals surface area contributed by atoms with Gasteiger partial charge in [0.05, 0.1) is 24.4 Å². The van der Waals surface area contributed by atoms with E-state index in [1.807, 2.05) is 26.8 Å². The molecular weight excluding hydrogens is 536 g/mol. The van der Waals surface area contributed by atoms with Crippen LogP contribution in [0.15, 0.2) is 40.5 Å². The SMILES string of the molecule is C=CC(=O)N1C[C@H](C)N(c2nc(=O)n3c4c(c(-c5cc(N)c(F)cc5F)c(C)cc24)SCC2(COC2)C3)C[C@H]1C. The molecule has 40 heavy (non-hydrogen) atoms. The van der Waals surface area contributed by atoms with Crippen LogP contribution in [0, 0.1) is 24.0 Å². The number of ether oxygens (including phenoxy) is 1. The topological polar surface area (TPSA) is 93.7 Å². The van der Waals surface area contributed by atoms with Crippen molar-refractivity contribution in [2.75, 3.05) is 42.7 Å². The maximum absolute atomic E-state index is 15.3. The molecule has 2 atom stereocenters. The van der Waals surface area contributed by atoms with Crippen molar-refractivity contribution >= 4 is 40.1 Å². The van der Waals surface area contributed by atoms with E-state index in [4.69, 9.17) is 10.5 Å². The summed E-state index contributed by atoms with van der Waals surface area (Å²) in [6.45, 7) is 11.9. The molecule has 2 saturated heterocycles. The average molecular weight is 568 g/mol. The van der Waals surface area contributed by atoms with Gasteiger partial charge in [0, 0.05) is 70.4 Å². The predicted octanol–water partition coefficient (Wildman–Crippen LogP) is 3.97. The number of benzene rings is 2. The lowest BCUT2D eigenvalue weighted by molar-refractivity contribution is -0.128. The fourth-order valence-electron chi connectivity index (χ4n) is 6.14. The number of thioether (sulfide) groups is 1. The predicted molar refractivity (Wildman–Crippen MR) is 153 cm³/mol. The second kappa shape index (κ2) is 9.59. The van der Waals surface area contributed by atoms with Crippen molar-refractivity contribution in [3.63, 3.8) is 0 Å². The zero-order valence-corrected chi connectivity index (χ0v) is 23.5. The van der Waals surface area contributed by atoms with Crippen molar-refractivity contribution in [1.29, 1.82) is 0 Å². The van der Waals surface area contributed by atoms with E-state index in [0.29, 0.717) is 55.5 Å². The van der Waals surface area contributed by atoms with E-state index in [1.165, 1.54) is 12.1 Å². The van der Waals surface area contributed by atoms with Crippen LogP contribution in [0.3, 0.4) is 0 Å². The van der Waals surface area contributed by atoms with Crippen LogP contribution in [-0.4, -0.2) is 64.5 Å². The van der Waals surface area contributed by atoms with E-state index < -0.39 is 17.3 Å². The van der Waals surface area contributed by atoms with Gasteiger partial charge in [0.1, 0.15) is 17.5 Å². The molecule has 1 amide bonds. The van der Waals surface area contributed by atoms with Crippen LogP contribution in [-0.2, 0) is 16.1 Å². The molecule has 0 unspecified atom stereocenters. The first-order valence-corrected chi connectivity index (χ1v) is 14.3. The molecule has 2 fully saturated rings. The number of aromatic nitrogens is 2. The summed E-state index contributed by atoms with van der Waals surface area (Å²) < 4.78 is 36.6. The van der Waals surface area contributed by atoms with E-state index in [0.717, 1.165) is 21.9 Å². The summed E-state index contributed by atoms with van der Waals surface area (Å²) in [5, 5.41) is 0.777. The molecule has 3 aliphatic heterocycles. The molecular formula is C29H31F2N5O3S. The number of hydrogen-bond donors (Lipinski definition) is 1. The number of carbonyl (C=O) groups excluding carboxylic acids is 1. The number of piperazine rings is 1. The number of rotatable bonds is 3. The zero-order valence-electron chi connectivity index (χ0n) is 22.7. The zero-order chi connectivity index (χ0) is 28.5. The van der Waals surface area contributed by atoms with Crippen molar-refractivity contribution in [2.24, 2.45) is 5.41 Å². The molecule has 0 aliphatic carbocycles. The minimum absolute atomic E-state index is 0.118. The van der Waals surface area contributed by atoms with Crippen LogP contribution in [0.2, 0.25) is 0 Å². The Morgan fingerprint density at radius 2 is 1.95 bits per heavy atom. The molecule has 2 aromatic carbocycles. The molecule has 11 heteroatoms. The lowest BCUT2D eigenvalue weighted by Crippen LogP contribution is -2.58. The van der Waals surface area contributed by atoms with Crippen molar-refractivity contribution in [1.82, 2.24) is 14.5 Å². The van der Waals surface area contributed by atoms with Gasteiger partial charge in [0.25, 0.3) is 0 Å². The highest BCUT2D eigenvalue weighted by Gasteiger charge is 2.43. The summed E-state index contributed by atoms with van der Waals surface area (Å²) in [7, 11) is 0. The minimum atomic E-state index is -0.815. The number of halogens is 2. The van der Waals surface area contributed by atoms with Gasteiger partial charge < -0.3 is 20.3 Å². The molecule has 3 aromatic rings. The number of anilines is 2. The highest BCUT2D eigenvalue weighted by Crippen LogP contribution is 2.48. The van der Waals surface area contributed by atoms with Crippen LogP contribution in [0.25, 0.3) is 22.0 Å². The molecule has 1 aromatic heterocycles. The maximum Gasteiger partial charge on any atom is 0.350 e. The van der Waals surface area contributed by atoms with Crippen LogP contribution < -0.4 is 16.3 Å². The Balaban J connectivity index is 1.60. The first kappa shape index (κ1) is 26.8. The molecule has 3 aliphatic rings. The Morgan fingerprint density at radius 3 is 2.62 bits per heavy atom. The highest BCUT2D eigenvalue weighted by molar-refractivity contribution is 7.99. The van der Waals surface area contributed by atoms with Crippen molar-refractivity contribution in [3.8, 4) is 11.1 Å². The van der Waals surface area contributed by atoms with Crippen molar-refractivity contribution in [3.05, 3.63) is 58.5 Å². The third-order valence-electron chi connectivity index (χ3n) is 8.30. The fourth-order valence-corrected chi connectivity index (χ4v) is 7.62. The Bertz CT molecular complexity index is 1640. The smallest absolute Gasteiger partial charge is 0.350 e. The third kappa shape index (κ3) is 4.09. The Kier molecular flexibility index (Phi) is 6.42. The lowest BCUT2D eigenvalue weighted by Gasteiger charge is -2.44. The minimum Gasteiger partial charge on any atom is -0.396 e. The number of nitrogen functional groups attached to an aromatic ring is 1. The summed E-state index contributed by atoms with van der Waals surface area (Å²) in [4.78, 5) is 35.4. The normalized spacial score (nSPS) is 21.8. The number of carbonyl (C=O) groups is 1. The van der Waals surface area contributed by atoms with Crippen LogP contribution in [0.4, 0.5) is 20.3 Å². The summed E-state index contributed by atoms with van der Waals surface area (Å²) in [5.41, 5.74) is 7.31. The number of aryl methyl sites for hydroxylation is 1. The Hall–Kier alpha value is -3.44. The largest absolute Gasteiger partial charge is 0.396 e. The van der Waals surface area contributed by atoms with Crippen molar-refractivity contribution < 1.29 is 18.3 Å². The number of nitrogens with two attached hydrogens (primary N) is 1. The van der Waals surface area contributed by atoms with Gasteiger partial charge in [0.2, 0.25) is 5.91 Å². The van der Waals surface area contributed by atoms with E-state index in [9.17, 15) is 14.0 Å². The van der Waals surface area contributed by atoms with Crippen LogP contribution in [0.5, 0.6) is 0 Å². The van der Waals surface area contributed by atoms with E-state index in [-0.39, 0.29) is 34.7 Å². The monoisotopic (exact) mass is 567 g/mol. The highest BCUT2D eigenvalue weighted by atomic mass is 32.2. The summed E-state index contributed by atoms with van der Waals surface area (Å²) >= 11 is 1.56. The van der Waals surface area contributed by atoms with Gasteiger partial charge in [-0.3, -0.25) is 9.36 Å². The molecule has 1 spiro atoms. The van der Waals surface area contributed by atoms with E-state index in [1.54, 1.807) is 21.2 Å². The Labute approximate surface area is 234 Å². The summed E-state index contributed by atoms with van der Waals surface area (Å²) in [6.07, 6.45) is 1.32. The van der Waals surface area contributed by atoms with Gasteiger partial charge in [-0.05, 0) is 44.5 Å². The molecule has 0 bridgehead atoms. The summed E-state index contributed by atoms with van der Waals surface area (Å²) in [6, 6.07) is 3.82. The quantitative estimate of drug-likeness (QED) is 0.378. The Morgan fingerprint density at radius 1 is 1.20 bits per heavy atom. The molecule has 0 radical (unpaired) electrons. The standard InChI is InChI=1S/C29H31F2N5O3S/c1-5-23(37)34-9-17(4)35(10-16(34)3)27-19-6-15(2)24(18-7-22(32)21(31)8-20(18)30)26-25(19)36(28(38)33-27)11-29(14-40-26)12-39-13-29/h5-8,16-17H,1,9-14,32H2,2-4H3/t16-,17+/m1/s1. The maximum atomic E-state index is 15.3. The third-order valence-corrected chi connectivity index (χ3v) is 9.74. The second-order valence-electron chi connectivity index (χ2n) is 11.3. The average Bonchev–Trinajstić information content (AvgIpc) is 3.08. The van der Waals surface area contributed by atoms with Crippen LogP contribution >= 0.6 is 11.8 Å².